The summed E-state index contributed by atoms with van der Waals surface area (Å²) >= 11 is 0. The number of benzene rings is 2. The van der Waals surface area contributed by atoms with Gasteiger partial charge in [-0.3, -0.25) is 0 Å². The monoisotopic (exact) mass is 342 g/mol. The zero-order valence-corrected chi connectivity index (χ0v) is 13.9. The second kappa shape index (κ2) is 5.95. The molecule has 5 heteroatoms. The van der Waals surface area contributed by atoms with Crippen LogP contribution in [0.1, 0.15) is 29.4 Å². The topological polar surface area (TPSA) is 51.6 Å². The number of halogens is 1. The minimum absolute atomic E-state index is 0.169. The molecule has 2 atom stereocenters. The zero-order chi connectivity index (χ0) is 17.5. The third-order valence-electron chi connectivity index (χ3n) is 4.96. The van der Waals surface area contributed by atoms with Gasteiger partial charge in [-0.2, -0.15) is 0 Å². The molecular weight excluding hydrogens is 327 g/mol. The van der Waals surface area contributed by atoms with Gasteiger partial charge in [0.1, 0.15) is 5.82 Å². The Morgan fingerprint density at radius 3 is 2.19 bits per heavy atom. The van der Waals surface area contributed by atoms with Crippen LogP contribution in [-0.4, -0.2) is 19.9 Å². The molecule has 0 unspecified atom stereocenters. The molecule has 1 aliphatic rings. The molecule has 2 aromatic carbocycles. The number of rotatable bonds is 3. The molecule has 1 saturated carbocycles. The summed E-state index contributed by atoms with van der Waals surface area (Å²) in [7, 11) is 0. The van der Waals surface area contributed by atoms with Crippen LogP contribution in [0.15, 0.2) is 67.3 Å². The van der Waals surface area contributed by atoms with Gasteiger partial charge in [-0.25, -0.2) is 24.3 Å². The van der Waals surface area contributed by atoms with Crippen LogP contribution in [0.25, 0.3) is 22.4 Å². The molecular formula is C21H15FN4. The van der Waals surface area contributed by atoms with Gasteiger partial charge in [0.05, 0.1) is 0 Å². The Labute approximate surface area is 149 Å². The van der Waals surface area contributed by atoms with Crippen molar-refractivity contribution in [3.05, 3.63) is 84.2 Å². The highest BCUT2D eigenvalue weighted by atomic mass is 19.1. The lowest BCUT2D eigenvalue weighted by Gasteiger charge is -2.07. The van der Waals surface area contributed by atoms with E-state index in [1.165, 1.54) is 5.56 Å². The lowest BCUT2D eigenvalue weighted by Crippen LogP contribution is -1.96. The maximum Gasteiger partial charge on any atom is 0.197 e. The van der Waals surface area contributed by atoms with Gasteiger partial charge < -0.3 is 0 Å². The predicted molar refractivity (Wildman–Crippen MR) is 97.1 cm³/mol. The largest absolute Gasteiger partial charge is 0.234 e. The molecule has 0 bridgehead atoms. The van der Waals surface area contributed by atoms with E-state index >= 15 is 0 Å². The van der Waals surface area contributed by atoms with E-state index < -0.39 is 0 Å². The predicted octanol–water partition coefficient (Wildman–Crippen LogP) is 4.50. The lowest BCUT2D eigenvalue weighted by molar-refractivity contribution is 0.639. The van der Waals surface area contributed by atoms with Crippen LogP contribution >= 0.6 is 0 Å². The van der Waals surface area contributed by atoms with Gasteiger partial charge in [-0.1, -0.05) is 30.3 Å². The molecule has 4 aromatic rings. The molecule has 0 saturated heterocycles. The summed E-state index contributed by atoms with van der Waals surface area (Å²) in [6.45, 7) is 0. The Hall–Kier alpha value is -3.21. The van der Waals surface area contributed by atoms with E-state index in [1.807, 2.05) is 42.7 Å². The van der Waals surface area contributed by atoms with Crippen molar-refractivity contribution in [1.29, 1.82) is 0 Å². The first-order valence-electron chi connectivity index (χ1n) is 8.58. The van der Waals surface area contributed by atoms with Crippen LogP contribution in [0.2, 0.25) is 0 Å². The molecule has 0 aliphatic heterocycles. The van der Waals surface area contributed by atoms with Crippen molar-refractivity contribution in [3.8, 4) is 11.6 Å². The smallest absolute Gasteiger partial charge is 0.197 e. The Kier molecular flexibility index (Phi) is 3.45. The number of hydrogen-bond donors (Lipinski definition) is 0. The van der Waals surface area contributed by atoms with Crippen LogP contribution in [-0.2, 0) is 0 Å². The standard InChI is InChI=1S/C21H15FN4/c22-19-7-6-15(14-4-1-2-5-16(14)19)18-10-17(18)13-11-25-21(26-12-13)20-23-8-3-9-24-20/h1-9,11-12,17-18H,10H2/t17-,18+/m0/s1. The summed E-state index contributed by atoms with van der Waals surface area (Å²) in [5, 5.41) is 1.68. The maximum absolute atomic E-state index is 14.0. The Bertz CT molecular complexity index is 1080. The van der Waals surface area contributed by atoms with Gasteiger partial charge in [0.15, 0.2) is 11.6 Å². The van der Waals surface area contributed by atoms with Gasteiger partial charge in [0, 0.05) is 30.2 Å². The van der Waals surface area contributed by atoms with Gasteiger partial charge >= 0.3 is 0 Å². The van der Waals surface area contributed by atoms with Crippen LogP contribution < -0.4 is 0 Å². The summed E-state index contributed by atoms with van der Waals surface area (Å²) in [5.74, 6) is 1.63. The first-order chi connectivity index (χ1) is 12.8. The van der Waals surface area contributed by atoms with Crippen LogP contribution in [0.5, 0.6) is 0 Å². The second-order valence-corrected chi connectivity index (χ2v) is 6.54. The normalized spacial score (nSPS) is 18.8. The average Bonchev–Trinajstić information content (AvgIpc) is 3.50. The van der Waals surface area contributed by atoms with E-state index in [2.05, 4.69) is 19.9 Å². The first kappa shape index (κ1) is 15.1. The molecule has 1 aliphatic carbocycles. The molecule has 1 fully saturated rings. The van der Waals surface area contributed by atoms with Crippen LogP contribution in [0.3, 0.4) is 0 Å². The number of nitrogens with zero attached hydrogens (tertiary/aromatic N) is 4. The minimum Gasteiger partial charge on any atom is -0.234 e. The summed E-state index contributed by atoms with van der Waals surface area (Å²) in [4.78, 5) is 17.2. The van der Waals surface area contributed by atoms with Crippen LogP contribution in [0.4, 0.5) is 4.39 Å². The molecule has 5 rings (SSSR count). The molecule has 0 radical (unpaired) electrons. The fourth-order valence-electron chi connectivity index (χ4n) is 3.58. The molecule has 2 aromatic heterocycles. The Morgan fingerprint density at radius 1 is 0.731 bits per heavy atom. The van der Waals surface area contributed by atoms with E-state index in [0.717, 1.165) is 17.4 Å². The molecule has 0 spiro atoms. The van der Waals surface area contributed by atoms with Crippen molar-refractivity contribution in [3.63, 3.8) is 0 Å². The second-order valence-electron chi connectivity index (χ2n) is 6.54. The highest BCUT2D eigenvalue weighted by Gasteiger charge is 2.40. The van der Waals surface area contributed by atoms with Crippen molar-refractivity contribution in [2.45, 2.75) is 18.3 Å². The fraction of sp³-hybridized carbons (Fsp3) is 0.143. The molecule has 2 heterocycles. The molecule has 0 amide bonds. The number of aromatic nitrogens is 4. The minimum atomic E-state index is -0.169. The van der Waals surface area contributed by atoms with E-state index in [0.29, 0.717) is 28.9 Å². The third kappa shape index (κ3) is 2.52. The van der Waals surface area contributed by atoms with Crippen molar-refractivity contribution in [2.75, 3.05) is 0 Å². The Morgan fingerprint density at radius 2 is 1.42 bits per heavy atom. The van der Waals surface area contributed by atoms with E-state index in [1.54, 1.807) is 24.5 Å². The van der Waals surface area contributed by atoms with E-state index in [4.69, 9.17) is 0 Å². The summed E-state index contributed by atoms with van der Waals surface area (Å²) in [5.41, 5.74) is 2.30. The summed E-state index contributed by atoms with van der Waals surface area (Å²) < 4.78 is 14.0. The molecule has 0 N–H and O–H groups in total. The maximum atomic E-state index is 14.0. The quantitative estimate of drug-likeness (QED) is 0.550. The van der Waals surface area contributed by atoms with Crippen molar-refractivity contribution in [2.24, 2.45) is 0 Å². The highest BCUT2D eigenvalue weighted by molar-refractivity contribution is 5.87. The van der Waals surface area contributed by atoms with E-state index in [-0.39, 0.29) is 5.82 Å². The van der Waals surface area contributed by atoms with Crippen LogP contribution in [0, 0.1) is 5.82 Å². The molecule has 126 valence electrons. The highest BCUT2D eigenvalue weighted by Crippen LogP contribution is 2.55. The van der Waals surface area contributed by atoms with Gasteiger partial charge in [-0.15, -0.1) is 0 Å². The summed E-state index contributed by atoms with van der Waals surface area (Å²) in [6, 6.07) is 12.9. The summed E-state index contributed by atoms with van der Waals surface area (Å²) in [6.07, 6.45) is 8.09. The Balaban J connectivity index is 1.44. The van der Waals surface area contributed by atoms with Crippen molar-refractivity contribution < 1.29 is 4.39 Å². The number of hydrogen-bond acceptors (Lipinski definition) is 4. The zero-order valence-electron chi connectivity index (χ0n) is 13.9. The van der Waals surface area contributed by atoms with Gasteiger partial charge in [0.2, 0.25) is 0 Å². The van der Waals surface area contributed by atoms with Crippen molar-refractivity contribution in [1.82, 2.24) is 19.9 Å². The third-order valence-corrected chi connectivity index (χ3v) is 4.96. The molecule has 4 nitrogen and oxygen atoms in total. The average molecular weight is 342 g/mol. The molecule has 26 heavy (non-hydrogen) atoms. The van der Waals surface area contributed by atoms with Gasteiger partial charge in [0.25, 0.3) is 0 Å². The van der Waals surface area contributed by atoms with E-state index in [9.17, 15) is 4.39 Å². The van der Waals surface area contributed by atoms with Gasteiger partial charge in [-0.05, 0) is 46.9 Å². The number of fused-ring (bicyclic) bond motifs is 1. The fourth-order valence-corrected chi connectivity index (χ4v) is 3.58. The SMILES string of the molecule is Fc1ccc([C@H]2C[C@H]2c2cnc(-c3ncccn3)nc2)c2ccccc12. The first-order valence-corrected chi connectivity index (χ1v) is 8.58. The lowest BCUT2D eigenvalue weighted by atomic mass is 9.99. The van der Waals surface area contributed by atoms with Crippen molar-refractivity contribution >= 4 is 10.8 Å².